The molecule has 0 atom stereocenters. The largest absolute Gasteiger partial charge is 0.490 e. The average molecular weight is 225 g/mol. The number of hydrogen-bond donors (Lipinski definition) is 1. The highest BCUT2D eigenvalue weighted by Gasteiger charge is 1.95. The Kier molecular flexibility index (Phi) is 3.81. The third-order valence-electron chi connectivity index (χ3n) is 2.28. The maximum absolute atomic E-state index is 5.41. The van der Waals surface area contributed by atoms with Gasteiger partial charge in [0.05, 0.1) is 0 Å². The van der Waals surface area contributed by atoms with Gasteiger partial charge >= 0.3 is 0 Å². The summed E-state index contributed by atoms with van der Waals surface area (Å²) >= 11 is 0. The zero-order valence-electron chi connectivity index (χ0n) is 9.60. The summed E-state index contributed by atoms with van der Waals surface area (Å²) < 4.78 is 5.41. The number of para-hydroxylation sites is 1. The molecule has 1 N–H and O–H groups in total. The van der Waals surface area contributed by atoms with Crippen molar-refractivity contribution >= 4 is 11.4 Å². The number of hydrogen-bond acceptors (Lipinski definition) is 2. The summed E-state index contributed by atoms with van der Waals surface area (Å²) in [5.74, 6) is 0.850. The number of benzene rings is 2. The molecule has 86 valence electrons. The van der Waals surface area contributed by atoms with Gasteiger partial charge in [0.25, 0.3) is 0 Å². The van der Waals surface area contributed by atoms with Crippen molar-refractivity contribution in [2.45, 2.75) is 0 Å². The number of nitrogens with one attached hydrogen (secondary N) is 1. The van der Waals surface area contributed by atoms with E-state index in [2.05, 4.69) is 11.9 Å². The van der Waals surface area contributed by atoms with Crippen LogP contribution in [0.2, 0.25) is 0 Å². The fourth-order valence-corrected chi connectivity index (χ4v) is 1.48. The van der Waals surface area contributed by atoms with Crippen LogP contribution in [-0.2, 0) is 0 Å². The number of rotatable bonds is 5. The van der Waals surface area contributed by atoms with Gasteiger partial charge in [0, 0.05) is 11.4 Å². The molecule has 0 radical (unpaired) electrons. The first-order valence-corrected chi connectivity index (χ1v) is 5.54. The second kappa shape index (κ2) is 5.75. The van der Waals surface area contributed by atoms with E-state index in [4.69, 9.17) is 4.74 Å². The highest BCUT2D eigenvalue weighted by atomic mass is 16.5. The van der Waals surface area contributed by atoms with Crippen molar-refractivity contribution in [2.75, 3.05) is 11.9 Å². The first-order valence-electron chi connectivity index (χ1n) is 5.54. The van der Waals surface area contributed by atoms with Gasteiger partial charge in [-0.05, 0) is 36.4 Å². The molecule has 0 heterocycles. The lowest BCUT2D eigenvalue weighted by Crippen LogP contribution is -1.93. The normalized spacial score (nSPS) is 9.65. The number of anilines is 2. The van der Waals surface area contributed by atoms with Gasteiger partial charge in [0.2, 0.25) is 0 Å². The molecule has 17 heavy (non-hydrogen) atoms. The second-order valence-corrected chi connectivity index (χ2v) is 3.62. The molecule has 0 bridgehead atoms. The molecule has 0 aliphatic carbocycles. The predicted molar refractivity (Wildman–Crippen MR) is 71.9 cm³/mol. The smallest absolute Gasteiger partial charge is 0.119 e. The van der Waals surface area contributed by atoms with Gasteiger partial charge in [-0.1, -0.05) is 30.9 Å². The van der Waals surface area contributed by atoms with Crippen LogP contribution in [-0.4, -0.2) is 6.61 Å². The van der Waals surface area contributed by atoms with E-state index in [0.29, 0.717) is 6.61 Å². The molecule has 2 nitrogen and oxygen atoms in total. The van der Waals surface area contributed by atoms with Crippen molar-refractivity contribution in [3.63, 3.8) is 0 Å². The molecule has 0 aliphatic rings. The van der Waals surface area contributed by atoms with Crippen molar-refractivity contribution in [1.29, 1.82) is 0 Å². The SMILES string of the molecule is C=CCOc1ccc(Nc2ccccc2)cc1. The second-order valence-electron chi connectivity index (χ2n) is 3.62. The monoisotopic (exact) mass is 225 g/mol. The van der Waals surface area contributed by atoms with E-state index in [1.807, 2.05) is 54.6 Å². The Morgan fingerprint density at radius 2 is 1.59 bits per heavy atom. The van der Waals surface area contributed by atoms with Gasteiger partial charge in [-0.15, -0.1) is 0 Å². The van der Waals surface area contributed by atoms with Crippen molar-refractivity contribution in [3.8, 4) is 5.75 Å². The molecule has 0 saturated heterocycles. The van der Waals surface area contributed by atoms with E-state index in [0.717, 1.165) is 17.1 Å². The zero-order valence-corrected chi connectivity index (χ0v) is 9.60. The summed E-state index contributed by atoms with van der Waals surface area (Å²) in [6.45, 7) is 4.14. The Morgan fingerprint density at radius 3 is 2.24 bits per heavy atom. The standard InChI is InChI=1S/C15H15NO/c1-2-12-17-15-10-8-14(9-11-15)16-13-6-4-3-5-7-13/h2-11,16H,1,12H2. The predicted octanol–water partition coefficient (Wildman–Crippen LogP) is 4.00. The van der Waals surface area contributed by atoms with Crippen LogP contribution < -0.4 is 10.1 Å². The van der Waals surface area contributed by atoms with Gasteiger partial charge in [-0.3, -0.25) is 0 Å². The van der Waals surface area contributed by atoms with Crippen LogP contribution in [0.5, 0.6) is 5.75 Å². The van der Waals surface area contributed by atoms with Gasteiger partial charge in [0.15, 0.2) is 0 Å². The summed E-state index contributed by atoms with van der Waals surface area (Å²) in [5.41, 5.74) is 2.12. The zero-order chi connectivity index (χ0) is 11.9. The van der Waals surface area contributed by atoms with Gasteiger partial charge in [-0.2, -0.15) is 0 Å². The van der Waals surface area contributed by atoms with Crippen LogP contribution >= 0.6 is 0 Å². The molecular formula is C15H15NO. The Morgan fingerprint density at radius 1 is 0.941 bits per heavy atom. The summed E-state index contributed by atoms with van der Waals surface area (Å²) in [6, 6.07) is 17.9. The topological polar surface area (TPSA) is 21.3 Å². The minimum absolute atomic E-state index is 0.533. The van der Waals surface area contributed by atoms with Crippen LogP contribution in [0.4, 0.5) is 11.4 Å². The lowest BCUT2D eigenvalue weighted by molar-refractivity contribution is 0.363. The molecule has 0 spiro atoms. The van der Waals surface area contributed by atoms with E-state index < -0.39 is 0 Å². The molecule has 0 saturated carbocycles. The van der Waals surface area contributed by atoms with Crippen LogP contribution in [0.3, 0.4) is 0 Å². The lowest BCUT2D eigenvalue weighted by atomic mass is 10.2. The molecule has 2 rings (SSSR count). The minimum Gasteiger partial charge on any atom is -0.490 e. The third kappa shape index (κ3) is 3.38. The molecule has 0 aliphatic heterocycles. The fraction of sp³-hybridized carbons (Fsp3) is 0.0667. The van der Waals surface area contributed by atoms with E-state index in [9.17, 15) is 0 Å². The molecular weight excluding hydrogens is 210 g/mol. The summed E-state index contributed by atoms with van der Waals surface area (Å²) in [6.07, 6.45) is 1.73. The van der Waals surface area contributed by atoms with Gasteiger partial charge < -0.3 is 10.1 Å². The average Bonchev–Trinajstić information content (AvgIpc) is 2.39. The molecule has 2 aromatic rings. The minimum atomic E-state index is 0.533. The van der Waals surface area contributed by atoms with Crippen LogP contribution in [0.15, 0.2) is 67.3 Å². The van der Waals surface area contributed by atoms with Crippen LogP contribution in [0.1, 0.15) is 0 Å². The fourth-order valence-electron chi connectivity index (χ4n) is 1.48. The third-order valence-corrected chi connectivity index (χ3v) is 2.28. The Bertz CT molecular complexity index is 462. The molecule has 2 aromatic carbocycles. The van der Waals surface area contributed by atoms with Crippen LogP contribution in [0, 0.1) is 0 Å². The molecule has 0 aromatic heterocycles. The van der Waals surface area contributed by atoms with E-state index >= 15 is 0 Å². The Balaban J connectivity index is 2.01. The molecule has 0 unspecified atom stereocenters. The Labute approximate surface area is 102 Å². The van der Waals surface area contributed by atoms with Crippen molar-refractivity contribution in [2.24, 2.45) is 0 Å². The van der Waals surface area contributed by atoms with E-state index in [1.54, 1.807) is 6.08 Å². The highest BCUT2D eigenvalue weighted by Crippen LogP contribution is 2.19. The van der Waals surface area contributed by atoms with Crippen molar-refractivity contribution in [3.05, 3.63) is 67.3 Å². The maximum atomic E-state index is 5.41. The number of ether oxygens (including phenoxy) is 1. The molecule has 0 fully saturated rings. The molecule has 2 heteroatoms. The quantitative estimate of drug-likeness (QED) is 0.777. The maximum Gasteiger partial charge on any atom is 0.119 e. The van der Waals surface area contributed by atoms with Gasteiger partial charge in [0.1, 0.15) is 12.4 Å². The van der Waals surface area contributed by atoms with E-state index in [-0.39, 0.29) is 0 Å². The first kappa shape index (κ1) is 11.3. The van der Waals surface area contributed by atoms with Gasteiger partial charge in [-0.25, -0.2) is 0 Å². The van der Waals surface area contributed by atoms with Crippen molar-refractivity contribution in [1.82, 2.24) is 0 Å². The highest BCUT2D eigenvalue weighted by molar-refractivity contribution is 5.59. The summed E-state index contributed by atoms with van der Waals surface area (Å²) in [5, 5.41) is 3.31. The molecule has 0 amide bonds. The lowest BCUT2D eigenvalue weighted by Gasteiger charge is -2.07. The van der Waals surface area contributed by atoms with Crippen LogP contribution in [0.25, 0.3) is 0 Å². The summed E-state index contributed by atoms with van der Waals surface area (Å²) in [4.78, 5) is 0. The Hall–Kier alpha value is -2.22. The first-order chi connectivity index (χ1) is 8.38. The van der Waals surface area contributed by atoms with Crippen molar-refractivity contribution < 1.29 is 4.74 Å². The van der Waals surface area contributed by atoms with E-state index in [1.165, 1.54) is 0 Å². The summed E-state index contributed by atoms with van der Waals surface area (Å²) in [7, 11) is 0.